The number of benzene rings is 2. The second-order valence-electron chi connectivity index (χ2n) is 7.35. The molecule has 2 aromatic carbocycles. The van der Waals surface area contributed by atoms with E-state index in [9.17, 15) is 14.7 Å². The predicted molar refractivity (Wildman–Crippen MR) is 112 cm³/mol. The normalized spacial score (nSPS) is 16.7. The van der Waals surface area contributed by atoms with Crippen molar-refractivity contribution in [3.8, 4) is 17.6 Å². The van der Waals surface area contributed by atoms with Crippen molar-refractivity contribution in [1.82, 2.24) is 4.90 Å². The first-order valence-electron chi connectivity index (χ1n) is 9.89. The van der Waals surface area contributed by atoms with E-state index in [1.807, 2.05) is 49.4 Å². The molecular weight excluding hydrogens is 382 g/mol. The Labute approximate surface area is 176 Å². The monoisotopic (exact) mass is 407 g/mol. The minimum Gasteiger partial charge on any atom is -0.482 e. The van der Waals surface area contributed by atoms with Crippen molar-refractivity contribution >= 4 is 11.9 Å². The highest BCUT2D eigenvalue weighted by molar-refractivity contribution is 5.79. The van der Waals surface area contributed by atoms with Crippen molar-refractivity contribution in [1.29, 1.82) is 0 Å². The topological polar surface area (TPSA) is 87.1 Å². The van der Waals surface area contributed by atoms with Crippen LogP contribution in [0.4, 0.5) is 0 Å². The maximum atomic E-state index is 12.4. The first-order valence-corrected chi connectivity index (χ1v) is 9.89. The number of hydrogen-bond donors (Lipinski definition) is 2. The minimum absolute atomic E-state index is 0.0143. The van der Waals surface area contributed by atoms with E-state index in [1.54, 1.807) is 11.0 Å². The number of amides is 1. The number of rotatable bonds is 7. The van der Waals surface area contributed by atoms with Crippen molar-refractivity contribution < 1.29 is 24.5 Å². The highest BCUT2D eigenvalue weighted by Gasteiger charge is 2.29. The summed E-state index contributed by atoms with van der Waals surface area (Å²) in [5.74, 6) is 5.41. The van der Waals surface area contributed by atoms with Gasteiger partial charge in [-0.25, -0.2) is 4.79 Å². The number of aryl methyl sites for hydroxylation is 1. The fraction of sp³-hybridized carbons (Fsp3) is 0.333. The number of carboxylic acid groups (broad SMARTS) is 1. The van der Waals surface area contributed by atoms with Crippen LogP contribution in [0, 0.1) is 18.8 Å². The van der Waals surface area contributed by atoms with Gasteiger partial charge >= 0.3 is 5.97 Å². The Bertz CT molecular complexity index is 961. The summed E-state index contributed by atoms with van der Waals surface area (Å²) in [5, 5.41) is 19.1. The van der Waals surface area contributed by atoms with Crippen LogP contribution in [0.3, 0.4) is 0 Å². The molecule has 0 saturated carbocycles. The van der Waals surface area contributed by atoms with E-state index in [4.69, 9.17) is 9.84 Å². The van der Waals surface area contributed by atoms with E-state index in [2.05, 4.69) is 11.8 Å². The fourth-order valence-corrected chi connectivity index (χ4v) is 3.40. The van der Waals surface area contributed by atoms with Gasteiger partial charge in [0.25, 0.3) is 0 Å². The lowest BCUT2D eigenvalue weighted by Crippen LogP contribution is -2.31. The number of aliphatic hydroxyl groups is 1. The van der Waals surface area contributed by atoms with Gasteiger partial charge in [-0.15, -0.1) is 0 Å². The molecule has 2 aromatic rings. The summed E-state index contributed by atoms with van der Waals surface area (Å²) >= 11 is 0. The van der Waals surface area contributed by atoms with Gasteiger partial charge in [-0.05, 0) is 36.1 Å². The average molecular weight is 407 g/mol. The van der Waals surface area contributed by atoms with Gasteiger partial charge in [0.15, 0.2) is 6.61 Å². The van der Waals surface area contributed by atoms with E-state index < -0.39 is 18.7 Å². The van der Waals surface area contributed by atoms with Gasteiger partial charge in [-0.2, -0.15) is 0 Å². The van der Waals surface area contributed by atoms with Crippen LogP contribution >= 0.6 is 0 Å². The maximum Gasteiger partial charge on any atom is 0.341 e. The molecular formula is C24H25NO5. The Kier molecular flexibility index (Phi) is 7.10. The zero-order valence-corrected chi connectivity index (χ0v) is 16.9. The molecule has 1 saturated heterocycles. The van der Waals surface area contributed by atoms with Crippen molar-refractivity contribution in [3.63, 3.8) is 0 Å². The maximum absolute atomic E-state index is 12.4. The lowest BCUT2D eigenvalue weighted by molar-refractivity contribution is -0.139. The zero-order valence-electron chi connectivity index (χ0n) is 16.9. The number of carbonyl (C=O) groups is 2. The highest BCUT2D eigenvalue weighted by atomic mass is 16.5. The summed E-state index contributed by atoms with van der Waals surface area (Å²) in [6.07, 6.45) is 0.692. The highest BCUT2D eigenvalue weighted by Crippen LogP contribution is 2.25. The molecule has 1 fully saturated rings. The van der Waals surface area contributed by atoms with Crippen molar-refractivity contribution in [3.05, 3.63) is 65.2 Å². The first-order chi connectivity index (χ1) is 14.4. The Morgan fingerprint density at radius 3 is 2.73 bits per heavy atom. The zero-order chi connectivity index (χ0) is 21.5. The van der Waals surface area contributed by atoms with Gasteiger partial charge in [0.1, 0.15) is 11.9 Å². The van der Waals surface area contributed by atoms with Crippen LogP contribution in [0.2, 0.25) is 0 Å². The summed E-state index contributed by atoms with van der Waals surface area (Å²) in [6, 6.07) is 14.9. The first kappa shape index (κ1) is 21.4. The smallest absolute Gasteiger partial charge is 0.341 e. The van der Waals surface area contributed by atoms with Gasteiger partial charge in [0, 0.05) is 19.4 Å². The quantitative estimate of drug-likeness (QED) is 0.689. The van der Waals surface area contributed by atoms with Gasteiger partial charge in [0.05, 0.1) is 6.04 Å². The molecule has 0 spiro atoms. The third kappa shape index (κ3) is 5.85. The summed E-state index contributed by atoms with van der Waals surface area (Å²) in [6.45, 7) is 1.78. The molecule has 0 aliphatic carbocycles. The number of likely N-dealkylation sites (tertiary alicyclic amines) is 1. The molecule has 2 unspecified atom stereocenters. The number of aliphatic hydroxyl groups excluding tert-OH is 1. The van der Waals surface area contributed by atoms with Crippen LogP contribution in [0.5, 0.6) is 5.75 Å². The third-order valence-electron chi connectivity index (χ3n) is 4.97. The Balaban J connectivity index is 1.67. The molecule has 1 amide bonds. The van der Waals surface area contributed by atoms with Gasteiger partial charge in [-0.1, -0.05) is 54.3 Å². The molecule has 0 bridgehead atoms. The van der Waals surface area contributed by atoms with Crippen molar-refractivity contribution in [2.24, 2.45) is 0 Å². The number of ether oxygens (including phenoxy) is 1. The van der Waals surface area contributed by atoms with Gasteiger partial charge in [-0.3, -0.25) is 4.79 Å². The Morgan fingerprint density at radius 2 is 2.00 bits per heavy atom. The molecule has 2 N–H and O–H groups in total. The predicted octanol–water partition coefficient (Wildman–Crippen LogP) is 2.56. The largest absolute Gasteiger partial charge is 0.482 e. The SMILES string of the molecule is Cc1ccc(CN2C(=O)CCC2C#CC(O)Cc2ccccc2)cc1OCC(=O)O. The molecule has 3 rings (SSSR count). The molecule has 0 radical (unpaired) electrons. The minimum atomic E-state index is -1.04. The summed E-state index contributed by atoms with van der Waals surface area (Å²) < 4.78 is 5.33. The Hall–Kier alpha value is -3.30. The van der Waals surface area contributed by atoms with E-state index in [0.29, 0.717) is 31.6 Å². The molecule has 1 heterocycles. The molecule has 156 valence electrons. The van der Waals surface area contributed by atoms with Crippen LogP contribution < -0.4 is 4.74 Å². The van der Waals surface area contributed by atoms with E-state index in [0.717, 1.165) is 16.7 Å². The van der Waals surface area contributed by atoms with Gasteiger partial charge in [0.2, 0.25) is 5.91 Å². The lowest BCUT2D eigenvalue weighted by Gasteiger charge is -2.22. The van der Waals surface area contributed by atoms with Crippen LogP contribution in [0.1, 0.15) is 29.5 Å². The summed E-state index contributed by atoms with van der Waals surface area (Å²) in [7, 11) is 0. The third-order valence-corrected chi connectivity index (χ3v) is 4.97. The van der Waals surface area contributed by atoms with Crippen LogP contribution in [-0.2, 0) is 22.6 Å². The van der Waals surface area contributed by atoms with Crippen LogP contribution in [-0.4, -0.2) is 45.7 Å². The van der Waals surface area contributed by atoms with Gasteiger partial charge < -0.3 is 19.8 Å². The molecule has 30 heavy (non-hydrogen) atoms. The van der Waals surface area contributed by atoms with Crippen molar-refractivity contribution in [2.75, 3.05) is 6.61 Å². The molecule has 2 atom stereocenters. The number of hydrogen-bond acceptors (Lipinski definition) is 4. The molecule has 6 nitrogen and oxygen atoms in total. The summed E-state index contributed by atoms with van der Waals surface area (Å²) in [4.78, 5) is 24.8. The number of carbonyl (C=O) groups excluding carboxylic acids is 1. The molecule has 6 heteroatoms. The van der Waals surface area contributed by atoms with Crippen LogP contribution in [0.25, 0.3) is 0 Å². The molecule has 0 aromatic heterocycles. The number of aliphatic carboxylic acids is 1. The van der Waals surface area contributed by atoms with E-state index >= 15 is 0 Å². The molecule has 1 aliphatic rings. The van der Waals surface area contributed by atoms with Crippen molar-refractivity contribution in [2.45, 2.75) is 44.9 Å². The van der Waals surface area contributed by atoms with Crippen LogP contribution in [0.15, 0.2) is 48.5 Å². The second kappa shape index (κ2) is 9.95. The average Bonchev–Trinajstić information content (AvgIpc) is 3.07. The fourth-order valence-electron chi connectivity index (χ4n) is 3.40. The van der Waals surface area contributed by atoms with E-state index in [-0.39, 0.29) is 11.9 Å². The summed E-state index contributed by atoms with van der Waals surface area (Å²) in [5.41, 5.74) is 2.67. The van der Waals surface area contributed by atoms with E-state index in [1.165, 1.54) is 0 Å². The Morgan fingerprint density at radius 1 is 1.23 bits per heavy atom. The number of nitrogens with zero attached hydrogens (tertiary/aromatic N) is 1. The molecule has 1 aliphatic heterocycles. The second-order valence-corrected chi connectivity index (χ2v) is 7.35. The number of carboxylic acids is 1. The standard InChI is InChI=1S/C24H25NO5/c1-17-7-8-19(14-22(17)30-16-24(28)29)15-25-20(10-12-23(25)27)9-11-21(26)13-18-5-3-2-4-6-18/h2-8,14,20-21,26H,10,12-13,15-16H2,1H3,(H,28,29). The lowest BCUT2D eigenvalue weighted by atomic mass is 10.1.